The van der Waals surface area contributed by atoms with Crippen molar-refractivity contribution in [3.63, 3.8) is 0 Å². The first-order valence-corrected chi connectivity index (χ1v) is 7.50. The van der Waals surface area contributed by atoms with Crippen LogP contribution in [0.2, 0.25) is 0 Å². The molecule has 2 aromatic rings. The number of hydrogen-bond acceptors (Lipinski definition) is 5. The molecule has 0 spiro atoms. The fourth-order valence-electron chi connectivity index (χ4n) is 2.18. The molecule has 0 aromatic heterocycles. The number of nitrogens with two attached hydrogens (primary N) is 1. The molecule has 2 rings (SSSR count). The average molecular weight is 339 g/mol. The van der Waals surface area contributed by atoms with E-state index in [4.69, 9.17) is 20.5 Å². The number of para-hydroxylation sites is 1. The predicted molar refractivity (Wildman–Crippen MR) is 89.6 cm³/mol. The number of carbonyl (C=O) groups excluding carboxylic acids is 2. The van der Waals surface area contributed by atoms with Crippen LogP contribution in [0, 0.1) is 11.3 Å². The topological polar surface area (TPSA) is 114 Å². The fraction of sp³-hybridized carbons (Fsp3) is 0.167. The smallest absolute Gasteiger partial charge is 0.312 e. The highest BCUT2D eigenvalue weighted by molar-refractivity contribution is 5.75. The summed E-state index contributed by atoms with van der Waals surface area (Å²) in [5, 5.41) is 10.9. The summed E-state index contributed by atoms with van der Waals surface area (Å²) in [7, 11) is 0. The predicted octanol–water partition coefficient (Wildman–Crippen LogP) is 2.65. The Labute approximate surface area is 145 Å². The summed E-state index contributed by atoms with van der Waals surface area (Å²) in [5.41, 5.74) is 5.81. The number of nitrogens with one attached hydrogen (secondary N) is 1. The summed E-state index contributed by atoms with van der Waals surface area (Å²) >= 11 is 0. The van der Waals surface area contributed by atoms with Gasteiger partial charge in [-0.25, -0.2) is 4.79 Å². The molecule has 0 bridgehead atoms. The van der Waals surface area contributed by atoms with Gasteiger partial charge in [0.25, 0.3) is 0 Å². The standard InChI is InChI=1S/C18H17N3O4/c19-9-10-24-17(22)12-16(21-18(20)23)13-5-4-8-15(11-13)25-14-6-2-1-3-7-14/h1-8,11,16H,10,12H2,(H3,20,21,23)/t16-/m0/s1. The molecule has 0 aliphatic rings. The normalized spacial score (nSPS) is 11.0. The number of nitrogens with zero attached hydrogens (tertiary/aromatic N) is 1. The minimum atomic E-state index is -0.771. The van der Waals surface area contributed by atoms with Crippen LogP contribution in [0.15, 0.2) is 54.6 Å². The Hall–Kier alpha value is -3.53. The zero-order chi connectivity index (χ0) is 18.1. The number of ether oxygens (including phenoxy) is 2. The maximum absolute atomic E-state index is 11.7. The van der Waals surface area contributed by atoms with Gasteiger partial charge in [0.2, 0.25) is 0 Å². The Morgan fingerprint density at radius 1 is 1.12 bits per heavy atom. The summed E-state index contributed by atoms with van der Waals surface area (Å²) < 4.78 is 10.5. The van der Waals surface area contributed by atoms with Crippen molar-refractivity contribution in [3.8, 4) is 17.6 Å². The van der Waals surface area contributed by atoms with E-state index < -0.39 is 18.0 Å². The van der Waals surface area contributed by atoms with Gasteiger partial charge in [0, 0.05) is 0 Å². The number of esters is 1. The van der Waals surface area contributed by atoms with E-state index in [0.29, 0.717) is 17.1 Å². The van der Waals surface area contributed by atoms with Crippen LogP contribution in [0.25, 0.3) is 0 Å². The number of amides is 2. The average Bonchev–Trinajstić information content (AvgIpc) is 2.60. The van der Waals surface area contributed by atoms with E-state index in [1.54, 1.807) is 30.3 Å². The summed E-state index contributed by atoms with van der Waals surface area (Å²) in [6.45, 7) is -0.348. The van der Waals surface area contributed by atoms with Crippen molar-refractivity contribution in [3.05, 3.63) is 60.2 Å². The lowest BCUT2D eigenvalue weighted by molar-refractivity contribution is -0.142. The number of benzene rings is 2. The SMILES string of the molecule is N#CCOC(=O)C[C@H](NC(N)=O)c1cccc(Oc2ccccc2)c1. The molecule has 7 heteroatoms. The highest BCUT2D eigenvalue weighted by Gasteiger charge is 2.19. The number of rotatable bonds is 7. The lowest BCUT2D eigenvalue weighted by Gasteiger charge is -2.18. The van der Waals surface area contributed by atoms with Gasteiger partial charge in [0.05, 0.1) is 12.5 Å². The second kappa shape index (κ2) is 8.93. The third kappa shape index (κ3) is 5.88. The second-order valence-electron chi connectivity index (χ2n) is 5.07. The van der Waals surface area contributed by atoms with Crippen molar-refractivity contribution >= 4 is 12.0 Å². The van der Waals surface area contributed by atoms with E-state index in [0.717, 1.165) is 0 Å². The zero-order valence-electron chi connectivity index (χ0n) is 13.3. The largest absolute Gasteiger partial charge is 0.457 e. The first kappa shape index (κ1) is 17.8. The first-order valence-electron chi connectivity index (χ1n) is 7.50. The van der Waals surface area contributed by atoms with Crippen LogP contribution >= 0.6 is 0 Å². The molecular formula is C18H17N3O4. The van der Waals surface area contributed by atoms with Gasteiger partial charge in [-0.05, 0) is 29.8 Å². The molecule has 1 atom stereocenters. The molecule has 2 amide bonds. The Balaban J connectivity index is 2.16. The van der Waals surface area contributed by atoms with E-state index in [1.807, 2.05) is 30.3 Å². The van der Waals surface area contributed by atoms with Gasteiger partial charge < -0.3 is 20.5 Å². The summed E-state index contributed by atoms with van der Waals surface area (Å²) in [6, 6.07) is 16.4. The minimum Gasteiger partial charge on any atom is -0.457 e. The maximum atomic E-state index is 11.7. The molecule has 0 aliphatic carbocycles. The lowest BCUT2D eigenvalue weighted by atomic mass is 10.0. The van der Waals surface area contributed by atoms with E-state index in [9.17, 15) is 9.59 Å². The van der Waals surface area contributed by atoms with Gasteiger partial charge in [-0.2, -0.15) is 5.26 Å². The number of urea groups is 1. The van der Waals surface area contributed by atoms with Gasteiger partial charge in [0.1, 0.15) is 17.6 Å². The highest BCUT2D eigenvalue weighted by atomic mass is 16.5. The molecular weight excluding hydrogens is 322 g/mol. The molecule has 0 unspecified atom stereocenters. The molecule has 128 valence electrons. The molecule has 0 radical (unpaired) electrons. The summed E-state index contributed by atoms with van der Waals surface area (Å²) in [4.78, 5) is 23.0. The van der Waals surface area contributed by atoms with Crippen LogP contribution in [-0.2, 0) is 9.53 Å². The van der Waals surface area contributed by atoms with Crippen molar-refractivity contribution < 1.29 is 19.1 Å². The quantitative estimate of drug-likeness (QED) is 0.753. The fourth-order valence-corrected chi connectivity index (χ4v) is 2.18. The maximum Gasteiger partial charge on any atom is 0.312 e. The number of carbonyl (C=O) groups is 2. The molecule has 2 aromatic carbocycles. The Morgan fingerprint density at radius 3 is 2.52 bits per heavy atom. The Kier molecular flexibility index (Phi) is 6.37. The Morgan fingerprint density at radius 2 is 1.84 bits per heavy atom. The van der Waals surface area contributed by atoms with Gasteiger partial charge in [-0.3, -0.25) is 4.79 Å². The van der Waals surface area contributed by atoms with E-state index >= 15 is 0 Å². The number of hydrogen-bond donors (Lipinski definition) is 2. The van der Waals surface area contributed by atoms with Gasteiger partial charge in [0.15, 0.2) is 6.61 Å². The monoisotopic (exact) mass is 339 g/mol. The van der Waals surface area contributed by atoms with Crippen LogP contribution in [0.4, 0.5) is 4.79 Å². The van der Waals surface area contributed by atoms with Crippen LogP contribution in [0.1, 0.15) is 18.0 Å². The molecule has 0 saturated carbocycles. The van der Waals surface area contributed by atoms with Crippen LogP contribution in [-0.4, -0.2) is 18.6 Å². The zero-order valence-corrected chi connectivity index (χ0v) is 13.3. The third-order valence-electron chi connectivity index (χ3n) is 3.22. The summed E-state index contributed by atoms with van der Waals surface area (Å²) in [6.07, 6.45) is -0.153. The number of nitriles is 1. The van der Waals surface area contributed by atoms with Crippen molar-refractivity contribution in [1.29, 1.82) is 5.26 Å². The minimum absolute atomic E-state index is 0.153. The molecule has 0 heterocycles. The van der Waals surface area contributed by atoms with E-state index in [1.165, 1.54) is 0 Å². The van der Waals surface area contributed by atoms with Crippen molar-refractivity contribution in [2.24, 2.45) is 5.73 Å². The first-order chi connectivity index (χ1) is 12.1. The Bertz CT molecular complexity index is 771. The van der Waals surface area contributed by atoms with Crippen LogP contribution < -0.4 is 15.8 Å². The van der Waals surface area contributed by atoms with Crippen molar-refractivity contribution in [2.75, 3.05) is 6.61 Å². The van der Waals surface area contributed by atoms with Gasteiger partial charge in [-0.1, -0.05) is 30.3 Å². The van der Waals surface area contributed by atoms with Crippen molar-refractivity contribution in [1.82, 2.24) is 5.32 Å². The highest BCUT2D eigenvalue weighted by Crippen LogP contribution is 2.26. The van der Waals surface area contributed by atoms with Crippen molar-refractivity contribution in [2.45, 2.75) is 12.5 Å². The summed E-state index contributed by atoms with van der Waals surface area (Å²) in [5.74, 6) is 0.590. The molecule has 0 aliphatic heterocycles. The van der Waals surface area contributed by atoms with Gasteiger partial charge >= 0.3 is 12.0 Å². The van der Waals surface area contributed by atoms with Crippen LogP contribution in [0.5, 0.6) is 11.5 Å². The third-order valence-corrected chi connectivity index (χ3v) is 3.22. The molecule has 7 nitrogen and oxygen atoms in total. The molecule has 3 N–H and O–H groups in total. The van der Waals surface area contributed by atoms with E-state index in [-0.39, 0.29) is 13.0 Å². The second-order valence-corrected chi connectivity index (χ2v) is 5.07. The van der Waals surface area contributed by atoms with E-state index in [2.05, 4.69) is 5.32 Å². The van der Waals surface area contributed by atoms with Gasteiger partial charge in [-0.15, -0.1) is 0 Å². The molecule has 25 heavy (non-hydrogen) atoms. The number of primary amides is 1. The molecule has 0 saturated heterocycles. The van der Waals surface area contributed by atoms with Crippen LogP contribution in [0.3, 0.4) is 0 Å². The lowest BCUT2D eigenvalue weighted by Crippen LogP contribution is -2.34. The molecule has 0 fully saturated rings.